The minimum Gasteiger partial charge on any atom is -0.494 e. The van der Waals surface area contributed by atoms with Crippen LogP contribution in [0.4, 0.5) is 0 Å². The van der Waals surface area contributed by atoms with Crippen LogP contribution < -0.4 is 9.47 Å². The molecule has 0 unspecified atom stereocenters. The number of rotatable bonds is 12. The molecule has 7 nitrogen and oxygen atoms in total. The number of nitriles is 1. The largest absolute Gasteiger partial charge is 0.494 e. The van der Waals surface area contributed by atoms with Gasteiger partial charge in [-0.15, -0.1) is 10.2 Å². The Kier molecular flexibility index (Phi) is 10.0. The molecule has 0 bridgehead atoms. The summed E-state index contributed by atoms with van der Waals surface area (Å²) in [7, 11) is 2.06. The van der Waals surface area contributed by atoms with Crippen molar-refractivity contribution in [3.05, 3.63) is 47.5 Å². The van der Waals surface area contributed by atoms with E-state index >= 15 is 0 Å². The predicted molar refractivity (Wildman–Crippen MR) is 149 cm³/mol. The molecule has 1 heterocycles. The first-order valence-corrected chi connectivity index (χ1v) is 13.5. The van der Waals surface area contributed by atoms with Gasteiger partial charge >= 0.3 is 0 Å². The maximum Gasteiger partial charge on any atom is 0.148 e. The van der Waals surface area contributed by atoms with Crippen LogP contribution >= 0.6 is 11.3 Å². The van der Waals surface area contributed by atoms with Gasteiger partial charge in [0.2, 0.25) is 0 Å². The summed E-state index contributed by atoms with van der Waals surface area (Å²) in [4.78, 5) is 2.16. The van der Waals surface area contributed by atoms with E-state index in [1.807, 2.05) is 38.1 Å². The zero-order valence-corrected chi connectivity index (χ0v) is 23.8. The van der Waals surface area contributed by atoms with Crippen LogP contribution in [0.3, 0.4) is 0 Å². The van der Waals surface area contributed by atoms with Crippen molar-refractivity contribution >= 4 is 11.3 Å². The molecule has 3 rings (SSSR count). The molecular weight excluding hydrogens is 484 g/mol. The number of hydrogen-bond donors (Lipinski definition) is 0. The number of hydrogen-bond acceptors (Lipinski definition) is 8. The highest BCUT2D eigenvalue weighted by molar-refractivity contribution is 7.17. The number of benzene rings is 2. The summed E-state index contributed by atoms with van der Waals surface area (Å²) in [6.45, 7) is 14.3. The molecule has 0 radical (unpaired) electrons. The lowest BCUT2D eigenvalue weighted by molar-refractivity contribution is -0.0564. The van der Waals surface area contributed by atoms with Crippen molar-refractivity contribution in [2.75, 3.05) is 26.9 Å². The smallest absolute Gasteiger partial charge is 0.148 e. The van der Waals surface area contributed by atoms with Gasteiger partial charge in [0, 0.05) is 17.7 Å². The first kappa shape index (κ1) is 28.6. The number of nitrogens with zero attached hydrogens (tertiary/aromatic N) is 4. The fourth-order valence-electron chi connectivity index (χ4n) is 3.61. The summed E-state index contributed by atoms with van der Waals surface area (Å²) in [5.74, 6) is 1.44. The lowest BCUT2D eigenvalue weighted by atomic mass is 10.1. The number of aryl methyl sites for hydroxylation is 1. The van der Waals surface area contributed by atoms with Gasteiger partial charge in [0.15, 0.2) is 0 Å². The van der Waals surface area contributed by atoms with Gasteiger partial charge in [-0.3, -0.25) is 4.90 Å². The zero-order valence-electron chi connectivity index (χ0n) is 23.0. The van der Waals surface area contributed by atoms with Crippen LogP contribution in [0.1, 0.15) is 59.1 Å². The van der Waals surface area contributed by atoms with Crippen molar-refractivity contribution in [1.29, 1.82) is 5.26 Å². The van der Waals surface area contributed by atoms with Crippen LogP contribution in [0.25, 0.3) is 21.1 Å². The first-order valence-electron chi connectivity index (χ1n) is 12.7. The Morgan fingerprint density at radius 1 is 1.08 bits per heavy atom. The molecular formula is C29H38N4O3S. The molecule has 0 spiro atoms. The second kappa shape index (κ2) is 13.0. The summed E-state index contributed by atoms with van der Waals surface area (Å²) in [5, 5.41) is 20.0. The summed E-state index contributed by atoms with van der Waals surface area (Å²) in [5.41, 5.74) is 3.43. The summed E-state index contributed by atoms with van der Waals surface area (Å²) >= 11 is 1.51. The van der Waals surface area contributed by atoms with E-state index in [9.17, 15) is 5.26 Å². The summed E-state index contributed by atoms with van der Waals surface area (Å²) in [6, 6.07) is 13.9. The van der Waals surface area contributed by atoms with E-state index in [0.29, 0.717) is 24.7 Å². The molecule has 0 aliphatic heterocycles. The first-order chi connectivity index (χ1) is 17.6. The number of aromatic nitrogens is 2. The molecule has 0 aliphatic carbocycles. The molecule has 0 saturated carbocycles. The SMILES string of the molecule is CCc1cc(OCCCN(C)COC(C)(C)C)ccc1-c1nnc(-c2ccc(OC(C)C)c(C#N)c2)s1. The highest BCUT2D eigenvalue weighted by Gasteiger charge is 2.15. The molecule has 8 heteroatoms. The Morgan fingerprint density at radius 2 is 1.84 bits per heavy atom. The van der Waals surface area contributed by atoms with Crippen LogP contribution in [0.15, 0.2) is 36.4 Å². The van der Waals surface area contributed by atoms with E-state index in [1.54, 1.807) is 0 Å². The molecule has 0 atom stereocenters. The Hall–Kier alpha value is -2.99. The second-order valence-electron chi connectivity index (χ2n) is 10.2. The molecule has 0 N–H and O–H groups in total. The van der Waals surface area contributed by atoms with E-state index < -0.39 is 0 Å². The third-order valence-corrected chi connectivity index (χ3v) is 6.50. The van der Waals surface area contributed by atoms with Crippen molar-refractivity contribution in [2.24, 2.45) is 0 Å². The van der Waals surface area contributed by atoms with Crippen molar-refractivity contribution in [3.8, 4) is 38.7 Å². The minimum atomic E-state index is -0.136. The van der Waals surface area contributed by atoms with Gasteiger partial charge < -0.3 is 14.2 Å². The molecule has 0 aliphatic rings. The van der Waals surface area contributed by atoms with Gasteiger partial charge in [-0.25, -0.2) is 0 Å². The van der Waals surface area contributed by atoms with Crippen LogP contribution in [0.2, 0.25) is 0 Å². The minimum absolute atomic E-state index is 0.000121. The third kappa shape index (κ3) is 8.53. The van der Waals surface area contributed by atoms with Crippen molar-refractivity contribution in [2.45, 2.75) is 66.1 Å². The van der Waals surface area contributed by atoms with Gasteiger partial charge in [-0.2, -0.15) is 5.26 Å². The van der Waals surface area contributed by atoms with Crippen molar-refractivity contribution < 1.29 is 14.2 Å². The summed E-state index contributed by atoms with van der Waals surface area (Å²) in [6.07, 6.45) is 1.77. The summed E-state index contributed by atoms with van der Waals surface area (Å²) < 4.78 is 17.6. The molecule has 3 aromatic rings. The van der Waals surface area contributed by atoms with Crippen LogP contribution in [0.5, 0.6) is 11.5 Å². The normalized spacial score (nSPS) is 11.7. The fourth-order valence-corrected chi connectivity index (χ4v) is 4.51. The average Bonchev–Trinajstić information content (AvgIpc) is 3.35. The molecule has 37 heavy (non-hydrogen) atoms. The van der Waals surface area contributed by atoms with Crippen LogP contribution in [-0.4, -0.2) is 53.7 Å². The Balaban J connectivity index is 1.64. The topological polar surface area (TPSA) is 80.5 Å². The van der Waals surface area contributed by atoms with E-state index in [1.165, 1.54) is 11.3 Å². The van der Waals surface area contributed by atoms with Crippen molar-refractivity contribution in [1.82, 2.24) is 15.1 Å². The van der Waals surface area contributed by atoms with Gasteiger partial charge in [-0.05, 0) is 96.5 Å². The third-order valence-electron chi connectivity index (χ3n) is 5.49. The molecule has 2 aromatic carbocycles. The molecule has 0 amide bonds. The highest BCUT2D eigenvalue weighted by atomic mass is 32.1. The van der Waals surface area contributed by atoms with Crippen molar-refractivity contribution in [3.63, 3.8) is 0 Å². The van der Waals surface area contributed by atoms with Gasteiger partial charge in [0.05, 0.1) is 30.6 Å². The van der Waals surface area contributed by atoms with Crippen LogP contribution in [0, 0.1) is 11.3 Å². The zero-order chi connectivity index (χ0) is 27.0. The highest BCUT2D eigenvalue weighted by Crippen LogP contribution is 2.35. The standard InChI is InChI=1S/C29H38N4O3S/c1-8-21-17-24(34-15-9-14-33(7)19-35-29(4,5)6)11-12-25(21)28-32-31-27(37-28)22-10-13-26(36-20(2)3)23(16-22)18-30/h10-13,16-17,20H,8-9,14-15,19H2,1-7H3. The molecule has 1 aromatic heterocycles. The van der Waals surface area contributed by atoms with Gasteiger partial charge in [-0.1, -0.05) is 18.3 Å². The van der Waals surface area contributed by atoms with E-state index in [-0.39, 0.29) is 11.7 Å². The lowest BCUT2D eigenvalue weighted by Gasteiger charge is -2.24. The van der Waals surface area contributed by atoms with E-state index in [0.717, 1.165) is 51.8 Å². The lowest BCUT2D eigenvalue weighted by Crippen LogP contribution is -2.30. The predicted octanol–water partition coefficient (Wildman–Crippen LogP) is 6.57. The molecule has 0 saturated heterocycles. The monoisotopic (exact) mass is 522 g/mol. The quantitative estimate of drug-likeness (QED) is 0.197. The Bertz CT molecular complexity index is 1210. The van der Waals surface area contributed by atoms with E-state index in [4.69, 9.17) is 14.2 Å². The maximum absolute atomic E-state index is 9.56. The number of ether oxygens (including phenoxy) is 3. The Labute approximate surface area is 225 Å². The van der Waals surface area contributed by atoms with Gasteiger partial charge in [0.1, 0.15) is 27.6 Å². The molecule has 198 valence electrons. The van der Waals surface area contributed by atoms with Gasteiger partial charge in [0.25, 0.3) is 0 Å². The fraction of sp³-hybridized carbons (Fsp3) is 0.483. The van der Waals surface area contributed by atoms with Crippen LogP contribution in [-0.2, 0) is 11.2 Å². The average molecular weight is 523 g/mol. The van der Waals surface area contributed by atoms with E-state index in [2.05, 4.69) is 68.0 Å². The Morgan fingerprint density at radius 3 is 2.51 bits per heavy atom. The maximum atomic E-state index is 9.56. The molecule has 0 fully saturated rings. The second-order valence-corrected chi connectivity index (χ2v) is 11.2.